The molecule has 1 aromatic heterocycles. The number of benzene rings is 2. The van der Waals surface area contributed by atoms with E-state index in [0.29, 0.717) is 38.5 Å². The van der Waals surface area contributed by atoms with Crippen LogP contribution in [0.3, 0.4) is 0 Å². The largest absolute Gasteiger partial charge is 0.497 e. The quantitative estimate of drug-likeness (QED) is 0.602. The van der Waals surface area contributed by atoms with Crippen LogP contribution < -0.4 is 4.74 Å². The third-order valence-electron chi connectivity index (χ3n) is 4.16. The van der Waals surface area contributed by atoms with Crippen LogP contribution in [-0.2, 0) is 30.7 Å². The summed E-state index contributed by atoms with van der Waals surface area (Å²) in [5.41, 5.74) is 2.32. The van der Waals surface area contributed by atoms with Crippen LogP contribution in [0.5, 0.6) is 5.75 Å². The van der Waals surface area contributed by atoms with Crippen LogP contribution in [0.25, 0.3) is 10.9 Å². The molecule has 0 aliphatic rings. The molecule has 1 heterocycles. The summed E-state index contributed by atoms with van der Waals surface area (Å²) in [6, 6.07) is 11.9. The number of carbonyl (C=O) groups excluding carboxylic acids is 1. The first-order valence-corrected chi connectivity index (χ1v) is 8.00. The second kappa shape index (κ2) is 8.02. The van der Waals surface area contributed by atoms with E-state index in [2.05, 4.69) is 0 Å². The van der Waals surface area contributed by atoms with Crippen molar-refractivity contribution in [3.63, 3.8) is 0 Å². The minimum Gasteiger partial charge on any atom is -0.497 e. The number of aromatic nitrogens is 1. The maximum Gasteiger partial charge on any atom is 0.307 e. The van der Waals surface area contributed by atoms with Gasteiger partial charge < -0.3 is 9.84 Å². The predicted octanol–water partition coefficient (Wildman–Crippen LogP) is 3.92. The van der Waals surface area contributed by atoms with Crippen LogP contribution in [0.2, 0.25) is 5.02 Å². The normalized spacial score (nSPS) is 10.4. The molecule has 0 aliphatic heterocycles. The van der Waals surface area contributed by atoms with Gasteiger partial charge in [0.05, 0.1) is 19.0 Å². The number of fused-ring (bicyclic) bond motifs is 1. The number of rotatable bonds is 4. The smallest absolute Gasteiger partial charge is 0.307 e. The second-order valence-corrected chi connectivity index (χ2v) is 6.10. The summed E-state index contributed by atoms with van der Waals surface area (Å²) >= 11 is 5.89. The number of hydrogen-bond donors (Lipinski definition) is 1. The van der Waals surface area contributed by atoms with Crippen molar-refractivity contribution in [2.24, 2.45) is 0 Å². The van der Waals surface area contributed by atoms with Crippen LogP contribution in [0, 0.1) is 6.92 Å². The molecule has 0 unspecified atom stereocenters. The first-order chi connectivity index (χ1) is 11.9. The average molecular weight is 459 g/mol. The Hall–Kier alpha value is -2.17. The average Bonchev–Trinajstić information content (AvgIpc) is 2.86. The molecule has 7 heteroatoms. The fourth-order valence-electron chi connectivity index (χ4n) is 2.95. The number of carbonyl (C=O) groups is 2. The molecule has 0 aliphatic carbocycles. The third-order valence-corrected chi connectivity index (χ3v) is 4.42. The molecule has 0 amide bonds. The van der Waals surface area contributed by atoms with Crippen LogP contribution in [0.4, 0.5) is 0 Å². The van der Waals surface area contributed by atoms with E-state index >= 15 is 0 Å². The van der Waals surface area contributed by atoms with Gasteiger partial charge in [0.15, 0.2) is 0 Å². The van der Waals surface area contributed by atoms with Gasteiger partial charge in [-0.2, -0.15) is 0 Å². The Morgan fingerprint density at radius 3 is 2.38 bits per heavy atom. The molecule has 0 saturated heterocycles. The Kier molecular flexibility index (Phi) is 6.22. The van der Waals surface area contributed by atoms with Crippen molar-refractivity contribution in [3.05, 3.63) is 64.3 Å². The van der Waals surface area contributed by atoms with Crippen molar-refractivity contribution in [1.82, 2.24) is 4.57 Å². The van der Waals surface area contributed by atoms with Gasteiger partial charge in [-0.1, -0.05) is 11.6 Å². The van der Waals surface area contributed by atoms with E-state index in [1.165, 1.54) is 4.57 Å². The Morgan fingerprint density at radius 2 is 1.81 bits per heavy atom. The zero-order valence-electron chi connectivity index (χ0n) is 14.1. The summed E-state index contributed by atoms with van der Waals surface area (Å²) in [5, 5.41) is 10.5. The molecule has 0 saturated carbocycles. The number of nitrogens with zero attached hydrogens (tertiary/aromatic N) is 1. The molecular weight excluding hydrogens is 443 g/mol. The molecule has 26 heavy (non-hydrogen) atoms. The van der Waals surface area contributed by atoms with Gasteiger partial charge in [-0.25, -0.2) is 0 Å². The molecule has 5 nitrogen and oxygen atoms in total. The van der Waals surface area contributed by atoms with Gasteiger partial charge in [0, 0.05) is 41.1 Å². The van der Waals surface area contributed by atoms with E-state index in [1.54, 1.807) is 56.5 Å². The number of hydrogen-bond acceptors (Lipinski definition) is 3. The second-order valence-electron chi connectivity index (χ2n) is 5.67. The van der Waals surface area contributed by atoms with Gasteiger partial charge in [-0.3, -0.25) is 14.2 Å². The molecule has 3 rings (SSSR count). The van der Waals surface area contributed by atoms with Gasteiger partial charge in [0.25, 0.3) is 5.91 Å². The van der Waals surface area contributed by atoms with E-state index < -0.39 is 5.97 Å². The van der Waals surface area contributed by atoms with Gasteiger partial charge in [0.1, 0.15) is 5.75 Å². The molecule has 0 fully saturated rings. The molecule has 0 spiro atoms. The van der Waals surface area contributed by atoms with Gasteiger partial charge in [-0.05, 0) is 55.0 Å². The Balaban J connectivity index is 0.00000243. The van der Waals surface area contributed by atoms with Crippen molar-refractivity contribution < 1.29 is 38.9 Å². The van der Waals surface area contributed by atoms with Crippen molar-refractivity contribution in [2.45, 2.75) is 13.3 Å². The van der Waals surface area contributed by atoms with Crippen LogP contribution in [0.15, 0.2) is 42.5 Å². The Morgan fingerprint density at radius 1 is 1.15 bits per heavy atom. The Bertz CT molecular complexity index is 979. The fourth-order valence-corrected chi connectivity index (χ4v) is 3.07. The standard InChI is InChI=1S/C19H16ClNO4.Ru/c1-11-15(10-18(22)23)16-9-14(25-2)7-8-17(16)21(11)19(24)12-3-5-13(20)6-4-12;/h3-9H,10H2,1-2H3,(H,22,23);. The summed E-state index contributed by atoms with van der Waals surface area (Å²) < 4.78 is 6.77. The fraction of sp³-hybridized carbons (Fsp3) is 0.158. The van der Waals surface area contributed by atoms with Crippen LogP contribution in [0.1, 0.15) is 21.6 Å². The number of ether oxygens (including phenoxy) is 1. The van der Waals surface area contributed by atoms with Crippen LogP contribution >= 0.6 is 11.6 Å². The number of halogens is 1. The topological polar surface area (TPSA) is 68.5 Å². The minimum atomic E-state index is -0.955. The summed E-state index contributed by atoms with van der Waals surface area (Å²) in [6.07, 6.45) is -0.170. The summed E-state index contributed by atoms with van der Waals surface area (Å²) in [6.45, 7) is 1.75. The molecule has 0 atom stereocenters. The third kappa shape index (κ3) is 3.67. The Labute approximate surface area is 168 Å². The zero-order valence-corrected chi connectivity index (χ0v) is 16.6. The maximum atomic E-state index is 13.0. The number of methoxy groups -OCH3 is 1. The molecule has 136 valence electrons. The van der Waals surface area contributed by atoms with E-state index in [0.717, 1.165) is 0 Å². The van der Waals surface area contributed by atoms with Crippen molar-refractivity contribution >= 4 is 34.4 Å². The van der Waals surface area contributed by atoms with Crippen molar-refractivity contribution in [2.75, 3.05) is 7.11 Å². The predicted molar refractivity (Wildman–Crippen MR) is 95.7 cm³/mol. The first-order valence-electron chi connectivity index (χ1n) is 7.62. The van der Waals surface area contributed by atoms with Gasteiger partial charge in [-0.15, -0.1) is 0 Å². The SMILES string of the molecule is COc1ccc2c(c1)c(CC(=O)O)c(C)n2C(=O)c1ccc(Cl)cc1.[Ru]. The number of carboxylic acids is 1. The monoisotopic (exact) mass is 459 g/mol. The molecule has 0 bridgehead atoms. The van der Waals surface area contributed by atoms with E-state index in [-0.39, 0.29) is 31.8 Å². The maximum absolute atomic E-state index is 13.0. The number of aliphatic carboxylic acids is 1. The summed E-state index contributed by atoms with van der Waals surface area (Å²) in [4.78, 5) is 24.3. The van der Waals surface area contributed by atoms with E-state index in [1.807, 2.05) is 0 Å². The molecule has 2 aromatic carbocycles. The van der Waals surface area contributed by atoms with E-state index in [4.69, 9.17) is 16.3 Å². The first kappa shape index (κ1) is 20.1. The summed E-state index contributed by atoms with van der Waals surface area (Å²) in [5.74, 6) is -0.583. The van der Waals surface area contributed by atoms with Crippen LogP contribution in [-0.4, -0.2) is 28.7 Å². The summed E-state index contributed by atoms with van der Waals surface area (Å²) in [7, 11) is 1.54. The molecule has 0 radical (unpaired) electrons. The molecule has 3 aromatic rings. The zero-order chi connectivity index (χ0) is 18.1. The van der Waals surface area contributed by atoms with Gasteiger partial charge >= 0.3 is 5.97 Å². The minimum absolute atomic E-state index is 0. The van der Waals surface area contributed by atoms with Gasteiger partial charge in [0.2, 0.25) is 0 Å². The van der Waals surface area contributed by atoms with E-state index in [9.17, 15) is 14.7 Å². The van der Waals surface area contributed by atoms with Crippen molar-refractivity contribution in [3.8, 4) is 5.75 Å². The molecule has 1 N–H and O–H groups in total. The molecular formula is C19H16ClNO4Ru. The van der Waals surface area contributed by atoms with Crippen molar-refractivity contribution in [1.29, 1.82) is 0 Å². The number of carboxylic acid groups (broad SMARTS) is 1.